The normalized spacial score (nSPS) is 15.9. The number of aromatic nitrogens is 3. The summed E-state index contributed by atoms with van der Waals surface area (Å²) in [5.41, 5.74) is -0.231. The number of thioether (sulfide) groups is 1. The number of amides is 1. The third-order valence-corrected chi connectivity index (χ3v) is 3.89. The van der Waals surface area contributed by atoms with Gasteiger partial charge in [-0.25, -0.2) is 9.89 Å². The Labute approximate surface area is 109 Å². The summed E-state index contributed by atoms with van der Waals surface area (Å²) >= 11 is 1.42. The molecule has 0 saturated carbocycles. The molecule has 1 aromatic rings. The van der Waals surface area contributed by atoms with E-state index in [0.717, 1.165) is 26.2 Å². The van der Waals surface area contributed by atoms with E-state index in [-0.39, 0.29) is 11.6 Å². The maximum Gasteiger partial charge on any atom is 0.343 e. The summed E-state index contributed by atoms with van der Waals surface area (Å²) in [6.45, 7) is 3.30. The van der Waals surface area contributed by atoms with Gasteiger partial charge in [0.25, 0.3) is 0 Å². The number of piperazine rings is 1. The molecule has 0 aliphatic carbocycles. The van der Waals surface area contributed by atoms with Crippen molar-refractivity contribution in [3.63, 3.8) is 0 Å². The van der Waals surface area contributed by atoms with Crippen molar-refractivity contribution in [3.8, 4) is 0 Å². The van der Waals surface area contributed by atoms with E-state index in [2.05, 4.69) is 15.5 Å². The molecule has 7 nitrogen and oxygen atoms in total. The summed E-state index contributed by atoms with van der Waals surface area (Å²) in [5.74, 6) is 0.811. The number of hydrogen-bond acceptors (Lipinski definition) is 5. The molecule has 2 N–H and O–H groups in total. The second kappa shape index (κ2) is 6.05. The topological polar surface area (TPSA) is 83.0 Å². The van der Waals surface area contributed by atoms with Crippen LogP contribution < -0.4 is 11.0 Å². The summed E-state index contributed by atoms with van der Waals surface area (Å²) in [6, 6.07) is 0. The number of carbonyl (C=O) groups is 1. The molecule has 1 fully saturated rings. The highest BCUT2D eigenvalue weighted by molar-refractivity contribution is 7.99. The first-order chi connectivity index (χ1) is 8.68. The van der Waals surface area contributed by atoms with Crippen molar-refractivity contribution in [2.75, 3.05) is 31.9 Å². The van der Waals surface area contributed by atoms with Gasteiger partial charge in [-0.2, -0.15) is 0 Å². The van der Waals surface area contributed by atoms with E-state index >= 15 is 0 Å². The van der Waals surface area contributed by atoms with E-state index in [1.165, 1.54) is 16.3 Å². The lowest BCUT2D eigenvalue weighted by Crippen LogP contribution is -2.46. The van der Waals surface area contributed by atoms with E-state index in [4.69, 9.17) is 0 Å². The van der Waals surface area contributed by atoms with Gasteiger partial charge in [0.1, 0.15) is 0 Å². The van der Waals surface area contributed by atoms with Crippen LogP contribution >= 0.6 is 11.8 Å². The van der Waals surface area contributed by atoms with Crippen molar-refractivity contribution in [1.29, 1.82) is 0 Å². The Hall–Kier alpha value is -1.28. The maximum absolute atomic E-state index is 11.9. The molecule has 1 saturated heterocycles. The van der Waals surface area contributed by atoms with E-state index in [1.54, 1.807) is 7.05 Å². The van der Waals surface area contributed by atoms with Crippen LogP contribution in [0.3, 0.4) is 0 Å². The Morgan fingerprint density at radius 2 is 2.17 bits per heavy atom. The Morgan fingerprint density at radius 1 is 1.44 bits per heavy atom. The van der Waals surface area contributed by atoms with Gasteiger partial charge in [0.15, 0.2) is 5.16 Å². The Bertz CT molecular complexity index is 463. The number of hydrogen-bond donors (Lipinski definition) is 2. The fourth-order valence-corrected chi connectivity index (χ4v) is 2.61. The van der Waals surface area contributed by atoms with Crippen molar-refractivity contribution in [3.05, 3.63) is 10.5 Å². The van der Waals surface area contributed by atoms with Gasteiger partial charge in [-0.05, 0) is 0 Å². The van der Waals surface area contributed by atoms with Gasteiger partial charge in [0.05, 0.1) is 0 Å². The van der Waals surface area contributed by atoms with Crippen molar-refractivity contribution in [1.82, 2.24) is 25.0 Å². The van der Waals surface area contributed by atoms with Crippen molar-refractivity contribution in [2.24, 2.45) is 7.05 Å². The molecule has 0 radical (unpaired) electrons. The molecule has 0 atom stereocenters. The third-order valence-electron chi connectivity index (χ3n) is 2.86. The van der Waals surface area contributed by atoms with Crippen LogP contribution in [0.2, 0.25) is 0 Å². The van der Waals surface area contributed by atoms with Crippen LogP contribution in [0.25, 0.3) is 0 Å². The third kappa shape index (κ3) is 3.14. The molecule has 0 aromatic carbocycles. The largest absolute Gasteiger partial charge is 0.343 e. The minimum Gasteiger partial charge on any atom is -0.340 e. The molecule has 0 unspecified atom stereocenters. The summed E-state index contributed by atoms with van der Waals surface area (Å²) in [6.07, 6.45) is 0.478. The number of aromatic amines is 1. The lowest BCUT2D eigenvalue weighted by atomic mass is 10.3. The highest BCUT2D eigenvalue weighted by Gasteiger charge is 2.16. The second-order valence-electron chi connectivity index (χ2n) is 4.10. The minimum absolute atomic E-state index is 0.171. The number of H-pyrrole nitrogens is 1. The zero-order valence-electron chi connectivity index (χ0n) is 10.3. The highest BCUT2D eigenvalue weighted by atomic mass is 32.2. The second-order valence-corrected chi connectivity index (χ2v) is 5.16. The molecule has 1 aliphatic rings. The van der Waals surface area contributed by atoms with Gasteiger partial charge in [-0.15, -0.1) is 5.10 Å². The predicted octanol–water partition coefficient (Wildman–Crippen LogP) is -0.978. The van der Waals surface area contributed by atoms with Gasteiger partial charge in [0.2, 0.25) is 5.91 Å². The molecule has 1 aliphatic heterocycles. The zero-order valence-corrected chi connectivity index (χ0v) is 11.1. The molecule has 1 amide bonds. The number of carbonyl (C=O) groups excluding carboxylic acids is 1. The molecule has 1 aromatic heterocycles. The molecular weight excluding hydrogens is 254 g/mol. The van der Waals surface area contributed by atoms with Crippen LogP contribution in [-0.4, -0.2) is 57.5 Å². The number of nitrogens with one attached hydrogen (secondary N) is 2. The Kier molecular flexibility index (Phi) is 4.43. The van der Waals surface area contributed by atoms with Gasteiger partial charge in [-0.1, -0.05) is 11.8 Å². The molecular formula is C10H17N5O2S. The molecule has 2 heterocycles. The molecule has 0 bridgehead atoms. The fourth-order valence-electron chi connectivity index (χ4n) is 1.76. The van der Waals surface area contributed by atoms with Crippen LogP contribution in [0, 0.1) is 0 Å². The Morgan fingerprint density at radius 3 is 2.78 bits per heavy atom. The summed E-state index contributed by atoms with van der Waals surface area (Å²) in [4.78, 5) is 24.9. The monoisotopic (exact) mass is 271 g/mol. The fraction of sp³-hybridized carbons (Fsp3) is 0.700. The molecule has 2 rings (SSSR count). The van der Waals surface area contributed by atoms with Crippen molar-refractivity contribution >= 4 is 17.7 Å². The Balaban J connectivity index is 1.76. The lowest BCUT2D eigenvalue weighted by Gasteiger charge is -2.27. The van der Waals surface area contributed by atoms with E-state index in [9.17, 15) is 9.59 Å². The van der Waals surface area contributed by atoms with Crippen molar-refractivity contribution < 1.29 is 4.79 Å². The van der Waals surface area contributed by atoms with Crippen molar-refractivity contribution in [2.45, 2.75) is 11.6 Å². The summed E-state index contributed by atoms with van der Waals surface area (Å²) < 4.78 is 1.44. The first-order valence-electron chi connectivity index (χ1n) is 5.91. The van der Waals surface area contributed by atoms with Gasteiger partial charge < -0.3 is 10.2 Å². The number of nitrogens with zero attached hydrogens (tertiary/aromatic N) is 3. The zero-order chi connectivity index (χ0) is 13.0. The standard InChI is InChI=1S/C10H17N5O2S/c1-14-9(17)12-13-10(14)18-7-2-8(16)15-5-3-11-4-6-15/h11H,2-7H2,1H3,(H,12,17). The molecule has 18 heavy (non-hydrogen) atoms. The SMILES string of the molecule is Cn1c(SCCC(=O)N2CCNCC2)n[nH]c1=O. The van der Waals surface area contributed by atoms with E-state index in [1.807, 2.05) is 4.90 Å². The van der Waals surface area contributed by atoms with Crippen LogP contribution in [0.5, 0.6) is 0 Å². The van der Waals surface area contributed by atoms with Crippen LogP contribution in [0.1, 0.15) is 6.42 Å². The average molecular weight is 271 g/mol. The molecule has 0 spiro atoms. The van der Waals surface area contributed by atoms with Crippen LogP contribution in [-0.2, 0) is 11.8 Å². The predicted molar refractivity (Wildman–Crippen MR) is 68.6 cm³/mol. The van der Waals surface area contributed by atoms with Gasteiger partial charge >= 0.3 is 5.69 Å². The first kappa shape index (κ1) is 13.2. The molecule has 8 heteroatoms. The molecule has 100 valence electrons. The highest BCUT2D eigenvalue weighted by Crippen LogP contribution is 2.13. The van der Waals surface area contributed by atoms with Crippen LogP contribution in [0.15, 0.2) is 9.95 Å². The average Bonchev–Trinajstić information content (AvgIpc) is 2.71. The first-order valence-corrected chi connectivity index (χ1v) is 6.90. The lowest BCUT2D eigenvalue weighted by molar-refractivity contribution is -0.131. The smallest absolute Gasteiger partial charge is 0.340 e. The number of rotatable bonds is 4. The van der Waals surface area contributed by atoms with Gasteiger partial charge in [0, 0.05) is 45.4 Å². The minimum atomic E-state index is -0.231. The van der Waals surface area contributed by atoms with Crippen LogP contribution in [0.4, 0.5) is 0 Å². The summed E-state index contributed by atoms with van der Waals surface area (Å²) in [5, 5.41) is 10.1. The van der Waals surface area contributed by atoms with E-state index < -0.39 is 0 Å². The summed E-state index contributed by atoms with van der Waals surface area (Å²) in [7, 11) is 1.66. The quantitative estimate of drug-likeness (QED) is 0.688. The maximum atomic E-state index is 11.9. The van der Waals surface area contributed by atoms with Gasteiger partial charge in [-0.3, -0.25) is 9.36 Å². The van der Waals surface area contributed by atoms with E-state index in [0.29, 0.717) is 17.3 Å².